The quantitative estimate of drug-likeness (QED) is 0.462. The molecule has 1 aromatic carbocycles. The van der Waals surface area contributed by atoms with Gasteiger partial charge in [0.15, 0.2) is 17.2 Å². The lowest BCUT2D eigenvalue weighted by molar-refractivity contribution is 0.453. The van der Waals surface area contributed by atoms with Gasteiger partial charge in [0.2, 0.25) is 10.0 Å². The predicted molar refractivity (Wildman–Crippen MR) is 118 cm³/mol. The summed E-state index contributed by atoms with van der Waals surface area (Å²) >= 11 is 0. The van der Waals surface area contributed by atoms with E-state index >= 15 is 0 Å². The van der Waals surface area contributed by atoms with Crippen LogP contribution in [0.1, 0.15) is 37.8 Å². The first-order valence-corrected chi connectivity index (χ1v) is 11.9. The van der Waals surface area contributed by atoms with E-state index in [9.17, 15) is 8.42 Å². The van der Waals surface area contributed by atoms with Crippen molar-refractivity contribution in [3.05, 3.63) is 66.6 Å². The zero-order valence-corrected chi connectivity index (χ0v) is 18.3. The normalized spacial score (nSPS) is 17.7. The zero-order valence-electron chi connectivity index (χ0n) is 17.5. The number of benzene rings is 1. The van der Waals surface area contributed by atoms with E-state index in [1.807, 2.05) is 41.0 Å². The van der Waals surface area contributed by atoms with Gasteiger partial charge in [-0.2, -0.15) is 4.31 Å². The highest BCUT2D eigenvalue weighted by Gasteiger charge is 2.35. The SMILES string of the molecule is CC(C)c1ccc(S(=O)(=O)N2CC[C@@H](n3c(-c4ccco4)nc4cccnc43)C2)cc1. The van der Waals surface area contributed by atoms with Gasteiger partial charge in [-0.25, -0.2) is 18.4 Å². The summed E-state index contributed by atoms with van der Waals surface area (Å²) < 4.78 is 35.7. The Morgan fingerprint density at radius 2 is 1.90 bits per heavy atom. The third-order valence-electron chi connectivity index (χ3n) is 5.87. The Kier molecular flexibility index (Phi) is 4.91. The number of nitrogens with zero attached hydrogens (tertiary/aromatic N) is 4. The summed E-state index contributed by atoms with van der Waals surface area (Å²) in [5, 5.41) is 0. The number of hydrogen-bond donors (Lipinski definition) is 0. The molecule has 5 rings (SSSR count). The van der Waals surface area contributed by atoms with E-state index in [0.717, 1.165) is 16.7 Å². The number of pyridine rings is 1. The molecule has 1 saturated heterocycles. The highest BCUT2D eigenvalue weighted by molar-refractivity contribution is 7.89. The second-order valence-electron chi connectivity index (χ2n) is 8.16. The molecule has 0 unspecified atom stereocenters. The van der Waals surface area contributed by atoms with Gasteiger partial charge in [-0.1, -0.05) is 26.0 Å². The highest BCUT2D eigenvalue weighted by Crippen LogP contribution is 2.34. The van der Waals surface area contributed by atoms with Crippen LogP contribution in [0, 0.1) is 0 Å². The van der Waals surface area contributed by atoms with Gasteiger partial charge in [-0.05, 0) is 54.3 Å². The van der Waals surface area contributed by atoms with Crippen molar-refractivity contribution in [1.82, 2.24) is 18.8 Å². The van der Waals surface area contributed by atoms with Gasteiger partial charge in [0.1, 0.15) is 5.52 Å². The van der Waals surface area contributed by atoms with E-state index in [2.05, 4.69) is 18.8 Å². The number of furan rings is 1. The maximum absolute atomic E-state index is 13.3. The van der Waals surface area contributed by atoms with E-state index in [-0.39, 0.29) is 6.04 Å². The summed E-state index contributed by atoms with van der Waals surface area (Å²) in [4.78, 5) is 9.56. The minimum atomic E-state index is -3.57. The molecule has 0 spiro atoms. The predicted octanol–water partition coefficient (Wildman–Crippen LogP) is 4.45. The lowest BCUT2D eigenvalue weighted by Gasteiger charge is -2.19. The van der Waals surface area contributed by atoms with Crippen LogP contribution >= 0.6 is 0 Å². The fraction of sp³-hybridized carbons (Fsp3) is 0.304. The Bertz CT molecular complexity index is 1310. The molecular weight excluding hydrogens is 412 g/mol. The maximum atomic E-state index is 13.3. The van der Waals surface area contributed by atoms with Gasteiger partial charge in [0, 0.05) is 19.3 Å². The molecule has 0 saturated carbocycles. The molecule has 0 amide bonds. The van der Waals surface area contributed by atoms with Crippen LogP contribution in [0.4, 0.5) is 0 Å². The molecular formula is C23H24N4O3S. The number of rotatable bonds is 5. The van der Waals surface area contributed by atoms with Crippen LogP contribution in [0.15, 0.2) is 70.3 Å². The smallest absolute Gasteiger partial charge is 0.243 e. The number of imidazole rings is 1. The minimum Gasteiger partial charge on any atom is -0.461 e. The van der Waals surface area contributed by atoms with Crippen molar-refractivity contribution in [1.29, 1.82) is 0 Å². The summed E-state index contributed by atoms with van der Waals surface area (Å²) in [6.07, 6.45) is 4.02. The summed E-state index contributed by atoms with van der Waals surface area (Å²) in [7, 11) is -3.57. The van der Waals surface area contributed by atoms with Crippen molar-refractivity contribution in [3.63, 3.8) is 0 Å². The fourth-order valence-electron chi connectivity index (χ4n) is 4.17. The second-order valence-corrected chi connectivity index (χ2v) is 10.1. The molecule has 0 bridgehead atoms. The van der Waals surface area contributed by atoms with Crippen molar-refractivity contribution in [2.24, 2.45) is 0 Å². The third kappa shape index (κ3) is 3.45. The lowest BCUT2D eigenvalue weighted by Crippen LogP contribution is -2.29. The van der Waals surface area contributed by atoms with Gasteiger partial charge >= 0.3 is 0 Å². The van der Waals surface area contributed by atoms with E-state index in [1.165, 1.54) is 0 Å². The van der Waals surface area contributed by atoms with Gasteiger partial charge < -0.3 is 8.98 Å². The van der Waals surface area contributed by atoms with Gasteiger partial charge in [-0.3, -0.25) is 0 Å². The molecule has 4 aromatic rings. The first-order chi connectivity index (χ1) is 14.9. The Hall–Kier alpha value is -2.97. The van der Waals surface area contributed by atoms with Crippen molar-refractivity contribution >= 4 is 21.2 Å². The van der Waals surface area contributed by atoms with Crippen LogP contribution in [-0.4, -0.2) is 40.3 Å². The molecule has 1 aliphatic heterocycles. The van der Waals surface area contributed by atoms with Crippen LogP contribution in [0.25, 0.3) is 22.7 Å². The van der Waals surface area contributed by atoms with E-state index in [0.29, 0.717) is 41.9 Å². The summed E-state index contributed by atoms with van der Waals surface area (Å²) in [5.74, 6) is 1.67. The topological polar surface area (TPSA) is 81.2 Å². The molecule has 8 heteroatoms. The monoisotopic (exact) mass is 436 g/mol. The molecule has 1 fully saturated rings. The number of hydrogen-bond acceptors (Lipinski definition) is 5. The molecule has 160 valence electrons. The molecule has 7 nitrogen and oxygen atoms in total. The zero-order chi connectivity index (χ0) is 21.6. The average Bonchev–Trinajstić information content (AvgIpc) is 3.52. The van der Waals surface area contributed by atoms with Crippen molar-refractivity contribution < 1.29 is 12.8 Å². The van der Waals surface area contributed by atoms with E-state index in [4.69, 9.17) is 9.40 Å². The molecule has 0 aliphatic carbocycles. The number of aromatic nitrogens is 3. The largest absolute Gasteiger partial charge is 0.461 e. The Balaban J connectivity index is 1.48. The van der Waals surface area contributed by atoms with Crippen molar-refractivity contribution in [2.75, 3.05) is 13.1 Å². The minimum absolute atomic E-state index is 0.0790. The second kappa shape index (κ2) is 7.62. The first-order valence-electron chi connectivity index (χ1n) is 10.4. The van der Waals surface area contributed by atoms with E-state index < -0.39 is 10.0 Å². The maximum Gasteiger partial charge on any atom is 0.243 e. The molecule has 1 aliphatic rings. The van der Waals surface area contributed by atoms with Crippen LogP contribution in [0.2, 0.25) is 0 Å². The highest BCUT2D eigenvalue weighted by atomic mass is 32.2. The van der Waals surface area contributed by atoms with Crippen LogP contribution in [0.3, 0.4) is 0 Å². The first kappa shape index (κ1) is 20.0. The molecule has 0 N–H and O–H groups in total. The fourth-order valence-corrected chi connectivity index (χ4v) is 5.66. The Morgan fingerprint density at radius 1 is 1.10 bits per heavy atom. The average molecular weight is 437 g/mol. The van der Waals surface area contributed by atoms with Crippen LogP contribution < -0.4 is 0 Å². The molecule has 4 heterocycles. The van der Waals surface area contributed by atoms with E-state index in [1.54, 1.807) is 28.9 Å². The van der Waals surface area contributed by atoms with Crippen LogP contribution in [0.5, 0.6) is 0 Å². The Morgan fingerprint density at radius 3 is 2.61 bits per heavy atom. The summed E-state index contributed by atoms with van der Waals surface area (Å²) in [5.41, 5.74) is 2.62. The van der Waals surface area contributed by atoms with Crippen molar-refractivity contribution in [2.45, 2.75) is 37.1 Å². The lowest BCUT2D eigenvalue weighted by atomic mass is 10.0. The van der Waals surface area contributed by atoms with Crippen LogP contribution in [-0.2, 0) is 10.0 Å². The third-order valence-corrected chi connectivity index (χ3v) is 7.75. The standard InChI is InChI=1S/C23H24N4O3S/c1-16(2)17-7-9-19(10-8-17)31(28,29)26-13-11-18(15-26)27-22-20(5-3-12-24-22)25-23(27)21-6-4-14-30-21/h3-10,12,14,16,18H,11,13,15H2,1-2H3/t18-/m1/s1. The number of fused-ring (bicyclic) bond motifs is 1. The Labute approximate surface area is 181 Å². The molecule has 0 radical (unpaired) electrons. The molecule has 3 aromatic heterocycles. The van der Waals surface area contributed by atoms with Gasteiger partial charge in [0.25, 0.3) is 0 Å². The number of sulfonamides is 1. The summed E-state index contributed by atoms with van der Waals surface area (Å²) in [6.45, 7) is 5.00. The van der Waals surface area contributed by atoms with Crippen molar-refractivity contribution in [3.8, 4) is 11.6 Å². The summed E-state index contributed by atoms with van der Waals surface area (Å²) in [6, 6.07) is 14.6. The van der Waals surface area contributed by atoms with Gasteiger partial charge in [0.05, 0.1) is 17.2 Å². The molecule has 31 heavy (non-hydrogen) atoms. The molecule has 1 atom stereocenters. The van der Waals surface area contributed by atoms with Gasteiger partial charge in [-0.15, -0.1) is 0 Å².